The monoisotopic (exact) mass is 456 g/mol. The molecule has 2 amide bonds. The summed E-state index contributed by atoms with van der Waals surface area (Å²) in [5.74, 6) is -1.37. The van der Waals surface area contributed by atoms with Crippen molar-refractivity contribution in [2.45, 2.75) is 25.5 Å². The molecule has 0 fully saturated rings. The number of aliphatic hydroxyl groups is 1. The Labute approximate surface area is 176 Å². The number of hydrogen-bond donors (Lipinski definition) is 3. The maximum atomic E-state index is 13.0. The third kappa shape index (κ3) is 5.10. The summed E-state index contributed by atoms with van der Waals surface area (Å²) in [5.41, 5.74) is 7.79. The van der Waals surface area contributed by atoms with Crippen molar-refractivity contribution >= 4 is 27.7 Å². The zero-order chi connectivity index (χ0) is 21.0. The van der Waals surface area contributed by atoms with Gasteiger partial charge in [-0.1, -0.05) is 52.3 Å². The fourth-order valence-electron chi connectivity index (χ4n) is 3.02. The van der Waals surface area contributed by atoms with Gasteiger partial charge in [-0.25, -0.2) is 4.68 Å². The number of nitrogens with two attached hydrogens (primary N) is 1. The molecule has 2 unspecified atom stereocenters. The molecule has 8 heteroatoms. The number of aromatic nitrogens is 2. The molecular weight excluding hydrogens is 436 g/mol. The van der Waals surface area contributed by atoms with Crippen LogP contribution in [0.5, 0.6) is 0 Å². The van der Waals surface area contributed by atoms with Gasteiger partial charge in [0.15, 0.2) is 6.10 Å². The molecular formula is C21H21BrN4O3. The molecule has 0 aliphatic rings. The molecule has 150 valence electrons. The summed E-state index contributed by atoms with van der Waals surface area (Å²) in [7, 11) is 0. The van der Waals surface area contributed by atoms with E-state index in [0.29, 0.717) is 11.4 Å². The van der Waals surface area contributed by atoms with Gasteiger partial charge < -0.3 is 16.2 Å². The largest absolute Gasteiger partial charge is 0.381 e. The molecule has 1 aromatic heterocycles. The van der Waals surface area contributed by atoms with Gasteiger partial charge in [-0.2, -0.15) is 5.10 Å². The van der Waals surface area contributed by atoms with Gasteiger partial charge in [-0.15, -0.1) is 0 Å². The Balaban J connectivity index is 1.89. The van der Waals surface area contributed by atoms with E-state index in [0.717, 1.165) is 10.0 Å². The third-order valence-corrected chi connectivity index (χ3v) is 4.90. The van der Waals surface area contributed by atoms with Gasteiger partial charge in [0.05, 0.1) is 17.4 Å². The Bertz CT molecular complexity index is 1020. The first-order valence-corrected chi connectivity index (χ1v) is 9.79. The molecule has 0 saturated carbocycles. The predicted molar refractivity (Wildman–Crippen MR) is 113 cm³/mol. The van der Waals surface area contributed by atoms with Gasteiger partial charge in [-0.05, 0) is 43.2 Å². The van der Waals surface area contributed by atoms with E-state index in [2.05, 4.69) is 26.3 Å². The topological polar surface area (TPSA) is 110 Å². The third-order valence-electron chi connectivity index (χ3n) is 4.40. The van der Waals surface area contributed by atoms with E-state index >= 15 is 0 Å². The molecule has 3 aromatic rings. The van der Waals surface area contributed by atoms with Crippen LogP contribution in [-0.2, 0) is 11.2 Å². The van der Waals surface area contributed by atoms with E-state index in [1.54, 1.807) is 13.0 Å². The number of rotatable bonds is 7. The molecule has 0 spiro atoms. The molecule has 4 N–H and O–H groups in total. The van der Waals surface area contributed by atoms with Crippen molar-refractivity contribution in [1.82, 2.24) is 15.1 Å². The summed E-state index contributed by atoms with van der Waals surface area (Å²) in [4.78, 5) is 24.6. The summed E-state index contributed by atoms with van der Waals surface area (Å²) < 4.78 is 2.37. The van der Waals surface area contributed by atoms with Crippen LogP contribution in [0.4, 0.5) is 0 Å². The van der Waals surface area contributed by atoms with E-state index in [4.69, 9.17) is 5.73 Å². The van der Waals surface area contributed by atoms with E-state index in [-0.39, 0.29) is 12.1 Å². The first-order valence-electron chi connectivity index (χ1n) is 9.00. The first-order chi connectivity index (χ1) is 13.8. The first kappa shape index (κ1) is 20.8. The highest BCUT2D eigenvalue weighted by Crippen LogP contribution is 2.18. The van der Waals surface area contributed by atoms with Crippen molar-refractivity contribution in [2.75, 3.05) is 0 Å². The second kappa shape index (κ2) is 9.02. The van der Waals surface area contributed by atoms with Gasteiger partial charge in [0.2, 0.25) is 5.91 Å². The molecule has 7 nitrogen and oxygen atoms in total. The standard InChI is InChI=1S/C21H21BrN4O3/c1-13-10-18(26(25-13)16-9-5-8-15(22)12-16)21(29)24-17(19(27)20(23)28)11-14-6-3-2-4-7-14/h2-10,12,17,19,27H,11H2,1H3,(H2,23,28)(H,24,29). The van der Waals surface area contributed by atoms with Crippen LogP contribution in [0.3, 0.4) is 0 Å². The van der Waals surface area contributed by atoms with Crippen molar-refractivity contribution in [1.29, 1.82) is 0 Å². The van der Waals surface area contributed by atoms with Crippen molar-refractivity contribution in [3.8, 4) is 5.69 Å². The lowest BCUT2D eigenvalue weighted by Crippen LogP contribution is -2.50. The Morgan fingerprint density at radius 1 is 1.17 bits per heavy atom. The second-order valence-electron chi connectivity index (χ2n) is 6.68. The highest BCUT2D eigenvalue weighted by molar-refractivity contribution is 9.10. The highest BCUT2D eigenvalue weighted by Gasteiger charge is 2.28. The molecule has 1 heterocycles. The van der Waals surface area contributed by atoms with Crippen LogP contribution >= 0.6 is 15.9 Å². The fourth-order valence-corrected chi connectivity index (χ4v) is 3.40. The number of amides is 2. The molecule has 2 atom stereocenters. The van der Waals surface area contributed by atoms with E-state index in [9.17, 15) is 14.7 Å². The minimum Gasteiger partial charge on any atom is -0.381 e. The Morgan fingerprint density at radius 3 is 2.55 bits per heavy atom. The number of hydrogen-bond acceptors (Lipinski definition) is 4. The summed E-state index contributed by atoms with van der Waals surface area (Å²) >= 11 is 3.41. The lowest BCUT2D eigenvalue weighted by atomic mass is 10.0. The number of aryl methyl sites for hydroxylation is 1. The quantitative estimate of drug-likeness (QED) is 0.505. The van der Waals surface area contributed by atoms with Crippen molar-refractivity contribution in [3.05, 3.63) is 82.1 Å². The van der Waals surface area contributed by atoms with Crippen molar-refractivity contribution in [3.63, 3.8) is 0 Å². The normalized spacial score (nSPS) is 12.9. The molecule has 3 rings (SSSR count). The molecule has 0 bridgehead atoms. The zero-order valence-electron chi connectivity index (χ0n) is 15.7. The molecule has 0 aliphatic heterocycles. The van der Waals surface area contributed by atoms with E-state index < -0.39 is 24.0 Å². The summed E-state index contributed by atoms with van der Waals surface area (Å²) in [5, 5.41) is 17.4. The lowest BCUT2D eigenvalue weighted by Gasteiger charge is -2.22. The van der Waals surface area contributed by atoms with Gasteiger partial charge >= 0.3 is 0 Å². The van der Waals surface area contributed by atoms with Gasteiger partial charge in [0.1, 0.15) is 5.69 Å². The van der Waals surface area contributed by atoms with Crippen LogP contribution in [0.1, 0.15) is 21.7 Å². The van der Waals surface area contributed by atoms with Crippen LogP contribution in [0, 0.1) is 6.92 Å². The number of primary amides is 1. The SMILES string of the molecule is Cc1cc(C(=O)NC(Cc2ccccc2)C(O)C(N)=O)n(-c2cccc(Br)c2)n1. The minimum atomic E-state index is -1.53. The number of nitrogens with one attached hydrogen (secondary N) is 1. The van der Waals surface area contributed by atoms with Crippen LogP contribution in [-0.4, -0.2) is 38.8 Å². The smallest absolute Gasteiger partial charge is 0.270 e. The fraction of sp³-hybridized carbons (Fsp3) is 0.190. The molecule has 29 heavy (non-hydrogen) atoms. The Kier molecular flexibility index (Phi) is 6.46. The number of benzene rings is 2. The number of carbonyl (C=O) groups is 2. The van der Waals surface area contributed by atoms with Crippen LogP contribution in [0.2, 0.25) is 0 Å². The van der Waals surface area contributed by atoms with Gasteiger partial charge in [0.25, 0.3) is 5.91 Å². The van der Waals surface area contributed by atoms with Crippen LogP contribution in [0.15, 0.2) is 65.1 Å². The minimum absolute atomic E-state index is 0.251. The lowest BCUT2D eigenvalue weighted by molar-refractivity contribution is -0.127. The summed E-state index contributed by atoms with van der Waals surface area (Å²) in [6.07, 6.45) is -1.27. The van der Waals surface area contributed by atoms with Crippen molar-refractivity contribution < 1.29 is 14.7 Å². The summed E-state index contributed by atoms with van der Waals surface area (Å²) in [6.45, 7) is 1.78. The van der Waals surface area contributed by atoms with E-state index in [1.807, 2.05) is 54.6 Å². The average molecular weight is 457 g/mol. The van der Waals surface area contributed by atoms with Gasteiger partial charge in [0, 0.05) is 4.47 Å². The van der Waals surface area contributed by atoms with Gasteiger partial charge in [-0.3, -0.25) is 9.59 Å². The van der Waals surface area contributed by atoms with Crippen molar-refractivity contribution in [2.24, 2.45) is 5.73 Å². The zero-order valence-corrected chi connectivity index (χ0v) is 17.3. The predicted octanol–water partition coefficient (Wildman–Crippen LogP) is 2.13. The average Bonchev–Trinajstić information content (AvgIpc) is 3.09. The molecule has 0 radical (unpaired) electrons. The van der Waals surface area contributed by atoms with Crippen LogP contribution < -0.4 is 11.1 Å². The maximum Gasteiger partial charge on any atom is 0.270 e. The summed E-state index contributed by atoms with van der Waals surface area (Å²) in [6, 6.07) is 17.4. The molecule has 0 aliphatic carbocycles. The Hall–Kier alpha value is -2.97. The highest BCUT2D eigenvalue weighted by atomic mass is 79.9. The number of halogens is 1. The Morgan fingerprint density at radius 2 is 1.90 bits per heavy atom. The van der Waals surface area contributed by atoms with Crippen LogP contribution in [0.25, 0.3) is 5.69 Å². The second-order valence-corrected chi connectivity index (χ2v) is 7.60. The van der Waals surface area contributed by atoms with E-state index in [1.165, 1.54) is 4.68 Å². The molecule has 2 aromatic carbocycles. The molecule has 0 saturated heterocycles. The maximum absolute atomic E-state index is 13.0. The number of nitrogens with zero attached hydrogens (tertiary/aromatic N) is 2. The number of aliphatic hydroxyl groups excluding tert-OH is 1. The number of carbonyl (C=O) groups excluding carboxylic acids is 2.